The first-order valence-corrected chi connectivity index (χ1v) is 6.80. The third-order valence-electron chi connectivity index (χ3n) is 3.59. The summed E-state index contributed by atoms with van der Waals surface area (Å²) >= 11 is 5.78. The van der Waals surface area contributed by atoms with Crippen molar-refractivity contribution in [2.45, 2.75) is 6.04 Å². The van der Waals surface area contributed by atoms with E-state index >= 15 is 0 Å². The largest absolute Gasteiger partial charge is 0.464 e. The molecule has 9 nitrogen and oxygen atoms in total. The number of anilines is 1. The summed E-state index contributed by atoms with van der Waals surface area (Å²) in [4.78, 5) is 48.6. The summed E-state index contributed by atoms with van der Waals surface area (Å²) in [6.07, 6.45) is 0. The van der Waals surface area contributed by atoms with Crippen LogP contribution in [0.1, 0.15) is 0 Å². The van der Waals surface area contributed by atoms with E-state index in [2.05, 4.69) is 15.1 Å². The number of halogens is 1. The normalized spacial score (nSPS) is 23.0. The van der Waals surface area contributed by atoms with Crippen LogP contribution < -0.4 is 4.90 Å². The first kappa shape index (κ1) is 15.1. The fourth-order valence-electron chi connectivity index (χ4n) is 2.58. The molecule has 10 heteroatoms. The number of ether oxygens (including phenoxy) is 1. The minimum absolute atomic E-state index is 0.272. The number of hydrazone groups is 1. The lowest BCUT2D eigenvalue weighted by atomic mass is 9.98. The van der Waals surface area contributed by atoms with Crippen molar-refractivity contribution in [3.63, 3.8) is 0 Å². The Morgan fingerprint density at radius 3 is 2.48 bits per heavy atom. The van der Waals surface area contributed by atoms with Crippen LogP contribution in [-0.4, -0.2) is 41.8 Å². The van der Waals surface area contributed by atoms with Crippen molar-refractivity contribution in [3.05, 3.63) is 34.2 Å². The van der Waals surface area contributed by atoms with E-state index in [9.17, 15) is 19.3 Å². The predicted molar refractivity (Wildman–Crippen MR) is 78.3 cm³/mol. The highest BCUT2D eigenvalue weighted by Gasteiger charge is 2.59. The smallest absolute Gasteiger partial charge is 0.355 e. The number of fused-ring (bicyclic) bond motifs is 1. The van der Waals surface area contributed by atoms with Crippen molar-refractivity contribution >= 4 is 40.8 Å². The van der Waals surface area contributed by atoms with E-state index in [4.69, 9.17) is 11.6 Å². The summed E-state index contributed by atoms with van der Waals surface area (Å²) in [6.45, 7) is 0. The standard InChI is InChI=1S/C13H9ClN4O5/c1-23-13(21)9-8-10(18(15-9)16-22)12(20)17(11(8)19)7-4-2-6(14)3-5-7/h2-5,8,10H,1H3/t8-,10+/m0/s1. The van der Waals surface area contributed by atoms with Crippen molar-refractivity contribution in [2.75, 3.05) is 12.0 Å². The molecule has 3 rings (SSSR count). The zero-order valence-electron chi connectivity index (χ0n) is 11.7. The van der Waals surface area contributed by atoms with Crippen molar-refractivity contribution in [3.8, 4) is 0 Å². The summed E-state index contributed by atoms with van der Waals surface area (Å²) in [7, 11) is 1.11. The molecule has 0 spiro atoms. The number of nitrogens with zero attached hydrogens (tertiary/aromatic N) is 4. The fourth-order valence-corrected chi connectivity index (χ4v) is 2.70. The molecule has 2 amide bonds. The number of hydrogen-bond donors (Lipinski definition) is 0. The van der Waals surface area contributed by atoms with Crippen LogP contribution in [0.5, 0.6) is 0 Å². The van der Waals surface area contributed by atoms with Gasteiger partial charge in [0.05, 0.1) is 18.1 Å². The summed E-state index contributed by atoms with van der Waals surface area (Å²) in [6, 6.07) is 4.69. The number of esters is 1. The molecule has 1 aromatic carbocycles. The quantitative estimate of drug-likeness (QED) is 0.457. The number of imide groups is 1. The number of amides is 2. The second-order valence-electron chi connectivity index (χ2n) is 4.79. The van der Waals surface area contributed by atoms with Gasteiger partial charge in [-0.05, 0) is 24.3 Å². The molecule has 0 N–H and O–H groups in total. The molecule has 2 heterocycles. The lowest BCUT2D eigenvalue weighted by Crippen LogP contribution is -2.36. The van der Waals surface area contributed by atoms with E-state index in [1.165, 1.54) is 24.3 Å². The molecule has 23 heavy (non-hydrogen) atoms. The Kier molecular flexibility index (Phi) is 3.57. The van der Waals surface area contributed by atoms with Crippen LogP contribution in [0, 0.1) is 10.8 Å². The van der Waals surface area contributed by atoms with Crippen LogP contribution in [0.3, 0.4) is 0 Å². The van der Waals surface area contributed by atoms with Gasteiger partial charge in [0, 0.05) is 5.02 Å². The maximum absolute atomic E-state index is 12.6. The highest BCUT2D eigenvalue weighted by molar-refractivity contribution is 6.46. The first-order valence-electron chi connectivity index (χ1n) is 6.42. The van der Waals surface area contributed by atoms with Gasteiger partial charge in [-0.3, -0.25) is 9.59 Å². The highest BCUT2D eigenvalue weighted by atomic mass is 35.5. The monoisotopic (exact) mass is 336 g/mol. The average Bonchev–Trinajstić information content (AvgIpc) is 3.05. The fraction of sp³-hybridized carbons (Fsp3) is 0.231. The van der Waals surface area contributed by atoms with Gasteiger partial charge in [-0.25, -0.2) is 9.69 Å². The van der Waals surface area contributed by atoms with Gasteiger partial charge in [-0.2, -0.15) is 0 Å². The summed E-state index contributed by atoms with van der Waals surface area (Å²) in [5.41, 5.74) is -0.0548. The van der Waals surface area contributed by atoms with Gasteiger partial charge in [0.15, 0.2) is 11.8 Å². The summed E-state index contributed by atoms with van der Waals surface area (Å²) < 4.78 is 4.54. The van der Waals surface area contributed by atoms with E-state index in [1.807, 2.05) is 0 Å². The number of methoxy groups -OCH3 is 1. The lowest BCUT2D eigenvalue weighted by molar-refractivity contribution is -0.133. The van der Waals surface area contributed by atoms with Crippen LogP contribution in [0.25, 0.3) is 0 Å². The number of hydrogen-bond acceptors (Lipinski definition) is 7. The van der Waals surface area contributed by atoms with Gasteiger partial charge in [0.2, 0.25) is 5.91 Å². The number of rotatable bonds is 3. The van der Waals surface area contributed by atoms with Crippen molar-refractivity contribution < 1.29 is 19.1 Å². The number of carbonyl (C=O) groups is 3. The predicted octanol–water partition coefficient (Wildman–Crippen LogP) is 0.724. The zero-order chi connectivity index (χ0) is 16.7. The molecular formula is C13H9ClN4O5. The summed E-state index contributed by atoms with van der Waals surface area (Å²) in [5, 5.41) is 7.16. The van der Waals surface area contributed by atoms with Crippen molar-refractivity contribution in [2.24, 2.45) is 16.3 Å². The van der Waals surface area contributed by atoms with Gasteiger partial charge in [0.1, 0.15) is 5.92 Å². The van der Waals surface area contributed by atoms with Gasteiger partial charge < -0.3 is 4.74 Å². The van der Waals surface area contributed by atoms with Crippen LogP contribution in [0.15, 0.2) is 34.7 Å². The number of carbonyl (C=O) groups excluding carboxylic acids is 3. The van der Waals surface area contributed by atoms with Gasteiger partial charge >= 0.3 is 5.97 Å². The number of nitroso groups, excluding NO2 is 1. The van der Waals surface area contributed by atoms with E-state index in [0.717, 1.165) is 12.0 Å². The molecule has 0 unspecified atom stereocenters. The van der Waals surface area contributed by atoms with E-state index in [1.54, 1.807) is 0 Å². The maximum atomic E-state index is 12.6. The van der Waals surface area contributed by atoms with E-state index in [0.29, 0.717) is 10.1 Å². The lowest BCUT2D eigenvalue weighted by Gasteiger charge is -2.16. The van der Waals surface area contributed by atoms with Gasteiger partial charge in [-0.1, -0.05) is 11.6 Å². The second-order valence-corrected chi connectivity index (χ2v) is 5.23. The topological polar surface area (TPSA) is 109 Å². The Morgan fingerprint density at radius 1 is 1.26 bits per heavy atom. The molecule has 2 atom stereocenters. The van der Waals surface area contributed by atoms with E-state index < -0.39 is 29.7 Å². The second kappa shape index (κ2) is 5.43. The molecule has 1 fully saturated rings. The molecule has 118 valence electrons. The summed E-state index contributed by atoms with van der Waals surface area (Å²) in [5.74, 6) is -3.52. The zero-order valence-corrected chi connectivity index (χ0v) is 12.4. The van der Waals surface area contributed by atoms with Gasteiger partial charge in [-0.15, -0.1) is 15.1 Å². The van der Waals surface area contributed by atoms with E-state index in [-0.39, 0.29) is 11.4 Å². The molecule has 1 aromatic rings. The Morgan fingerprint density at radius 2 is 1.91 bits per heavy atom. The Hall–Kier alpha value is -2.81. The molecule has 0 saturated carbocycles. The molecular weight excluding hydrogens is 328 g/mol. The van der Waals surface area contributed by atoms with Crippen LogP contribution >= 0.6 is 11.6 Å². The average molecular weight is 337 g/mol. The highest BCUT2D eigenvalue weighted by Crippen LogP contribution is 2.35. The third kappa shape index (κ3) is 2.16. The molecule has 2 aliphatic rings. The molecule has 0 bridgehead atoms. The number of benzene rings is 1. The van der Waals surface area contributed by atoms with Gasteiger partial charge in [0.25, 0.3) is 5.91 Å². The molecule has 0 radical (unpaired) electrons. The Bertz CT molecular complexity index is 747. The van der Waals surface area contributed by atoms with Crippen LogP contribution in [0.2, 0.25) is 5.02 Å². The Balaban J connectivity index is 2.03. The molecule has 0 aliphatic carbocycles. The minimum Gasteiger partial charge on any atom is -0.464 e. The molecule has 0 aromatic heterocycles. The minimum atomic E-state index is -1.29. The maximum Gasteiger partial charge on any atom is 0.355 e. The van der Waals surface area contributed by atoms with Crippen molar-refractivity contribution in [1.29, 1.82) is 0 Å². The third-order valence-corrected chi connectivity index (χ3v) is 3.84. The SMILES string of the molecule is COC(=O)C1=NN(N=O)[C@H]2C(=O)N(c3ccc(Cl)cc3)C(=O)[C@@H]12. The first-order chi connectivity index (χ1) is 11.0. The Labute approximate surface area is 134 Å². The molecule has 2 aliphatic heterocycles. The molecule has 1 saturated heterocycles. The van der Waals surface area contributed by atoms with Crippen molar-refractivity contribution in [1.82, 2.24) is 5.12 Å². The van der Waals surface area contributed by atoms with Crippen LogP contribution in [0.4, 0.5) is 5.69 Å². The van der Waals surface area contributed by atoms with Crippen LogP contribution in [-0.2, 0) is 19.1 Å².